The molecule has 1 aliphatic rings. The first-order valence-corrected chi connectivity index (χ1v) is 8.08. The number of hydrogen-bond donors (Lipinski definition) is 3. The van der Waals surface area contributed by atoms with Crippen molar-refractivity contribution < 1.29 is 14.0 Å². The number of nitrogens with one attached hydrogen (secondary N) is 3. The van der Waals surface area contributed by atoms with Gasteiger partial charge < -0.3 is 10.6 Å². The predicted molar refractivity (Wildman–Crippen MR) is 93.6 cm³/mol. The van der Waals surface area contributed by atoms with E-state index in [4.69, 9.17) is 0 Å². The van der Waals surface area contributed by atoms with Crippen LogP contribution in [0, 0.1) is 5.82 Å². The Morgan fingerprint density at radius 1 is 1.15 bits per heavy atom. The number of halogens is 1. The van der Waals surface area contributed by atoms with Gasteiger partial charge >= 0.3 is 6.03 Å². The van der Waals surface area contributed by atoms with Crippen LogP contribution in [0.2, 0.25) is 0 Å². The van der Waals surface area contributed by atoms with E-state index in [1.54, 1.807) is 18.2 Å². The van der Waals surface area contributed by atoms with E-state index in [0.29, 0.717) is 35.4 Å². The molecule has 2 aromatic carbocycles. The first-order valence-electron chi connectivity index (χ1n) is 8.08. The Kier molecular flexibility index (Phi) is 3.96. The van der Waals surface area contributed by atoms with Crippen molar-refractivity contribution in [2.45, 2.75) is 6.42 Å². The van der Waals surface area contributed by atoms with E-state index in [1.165, 1.54) is 23.1 Å². The van der Waals surface area contributed by atoms with Crippen molar-refractivity contribution in [2.24, 2.45) is 0 Å². The molecule has 0 spiro atoms. The number of H-pyrrole nitrogens is 1. The van der Waals surface area contributed by atoms with Gasteiger partial charge in [0.1, 0.15) is 16.9 Å². The summed E-state index contributed by atoms with van der Waals surface area (Å²) in [7, 11) is 0. The zero-order valence-electron chi connectivity index (χ0n) is 13.6. The maximum absolute atomic E-state index is 14.2. The van der Waals surface area contributed by atoms with Crippen LogP contribution in [0.4, 0.5) is 20.6 Å². The topological polar surface area (TPSA) is 103 Å². The first-order chi connectivity index (χ1) is 12.6. The Morgan fingerprint density at radius 3 is 2.85 bits per heavy atom. The molecule has 132 valence electrons. The van der Waals surface area contributed by atoms with Crippen molar-refractivity contribution >= 4 is 34.3 Å². The Morgan fingerprint density at radius 2 is 2.00 bits per heavy atom. The summed E-state index contributed by atoms with van der Waals surface area (Å²) in [4.78, 5) is 25.7. The third kappa shape index (κ3) is 2.94. The molecule has 0 atom stereocenters. The first kappa shape index (κ1) is 16.0. The van der Waals surface area contributed by atoms with Gasteiger partial charge in [-0.1, -0.05) is 0 Å². The van der Waals surface area contributed by atoms with Crippen LogP contribution in [-0.2, 0) is 0 Å². The van der Waals surface area contributed by atoms with Gasteiger partial charge in [-0.15, -0.1) is 0 Å². The highest BCUT2D eigenvalue weighted by Gasteiger charge is 2.22. The number of hydrogen-bond acceptors (Lipinski definition) is 4. The number of carbonyl (C=O) groups excluding carboxylic acids is 2. The second-order valence-corrected chi connectivity index (χ2v) is 5.88. The summed E-state index contributed by atoms with van der Waals surface area (Å²) < 4.78 is 14.2. The Hall–Kier alpha value is -3.49. The van der Waals surface area contributed by atoms with E-state index < -0.39 is 5.82 Å². The molecule has 0 radical (unpaired) electrons. The fourth-order valence-electron chi connectivity index (χ4n) is 2.84. The molecular formula is C17H15FN6O2. The number of rotatable bonds is 3. The lowest BCUT2D eigenvalue weighted by molar-refractivity contribution is 0.102. The lowest BCUT2D eigenvalue weighted by Crippen LogP contribution is -2.46. The molecule has 8 nitrogen and oxygen atoms in total. The van der Waals surface area contributed by atoms with Gasteiger partial charge in [0, 0.05) is 24.3 Å². The number of anilines is 2. The highest BCUT2D eigenvalue weighted by atomic mass is 19.1. The Labute approximate surface area is 147 Å². The van der Waals surface area contributed by atoms with Crippen LogP contribution in [0.15, 0.2) is 36.4 Å². The third-order valence-electron chi connectivity index (χ3n) is 4.15. The number of fused-ring (bicyclic) bond motifs is 1. The molecule has 3 aromatic rings. The molecule has 1 saturated heterocycles. The molecule has 1 fully saturated rings. The number of amides is 3. The van der Waals surface area contributed by atoms with Crippen LogP contribution in [0.25, 0.3) is 11.0 Å². The molecular weight excluding hydrogens is 339 g/mol. The fourth-order valence-corrected chi connectivity index (χ4v) is 2.84. The number of urea groups is 1. The van der Waals surface area contributed by atoms with E-state index in [1.807, 2.05) is 0 Å². The molecule has 26 heavy (non-hydrogen) atoms. The summed E-state index contributed by atoms with van der Waals surface area (Å²) in [5, 5.41) is 15.8. The molecule has 2 heterocycles. The number of nitrogens with zero attached hydrogens (tertiary/aromatic N) is 3. The lowest BCUT2D eigenvalue weighted by atomic mass is 10.1. The minimum Gasteiger partial charge on any atom is -0.338 e. The van der Waals surface area contributed by atoms with Gasteiger partial charge in [0.15, 0.2) is 0 Å². The summed E-state index contributed by atoms with van der Waals surface area (Å²) in [5.74, 6) is -0.889. The SMILES string of the molecule is O=C(Nc1ccc(F)c(N2CCCNC2=O)c1)c1ccc2n[nH]nc2c1. The van der Waals surface area contributed by atoms with Crippen molar-refractivity contribution in [1.82, 2.24) is 20.7 Å². The van der Waals surface area contributed by atoms with Crippen LogP contribution < -0.4 is 15.5 Å². The number of aromatic amines is 1. The normalized spacial score (nSPS) is 14.3. The van der Waals surface area contributed by atoms with Gasteiger partial charge in [-0.3, -0.25) is 9.69 Å². The van der Waals surface area contributed by atoms with Crippen LogP contribution in [0.5, 0.6) is 0 Å². The molecule has 0 bridgehead atoms. The van der Waals surface area contributed by atoms with E-state index in [-0.39, 0.29) is 17.6 Å². The van der Waals surface area contributed by atoms with Crippen molar-refractivity contribution in [2.75, 3.05) is 23.3 Å². The van der Waals surface area contributed by atoms with Gasteiger partial charge in [-0.25, -0.2) is 9.18 Å². The molecule has 4 rings (SSSR count). The van der Waals surface area contributed by atoms with Crippen LogP contribution in [0.1, 0.15) is 16.8 Å². The van der Waals surface area contributed by atoms with E-state index in [2.05, 4.69) is 26.0 Å². The largest absolute Gasteiger partial charge is 0.338 e. The van der Waals surface area contributed by atoms with Crippen molar-refractivity contribution in [3.05, 3.63) is 47.8 Å². The number of carbonyl (C=O) groups is 2. The zero-order valence-corrected chi connectivity index (χ0v) is 13.6. The van der Waals surface area contributed by atoms with E-state index in [0.717, 1.165) is 6.42 Å². The van der Waals surface area contributed by atoms with Crippen LogP contribution in [0.3, 0.4) is 0 Å². The standard InChI is InChI=1S/C17H15FN6O2/c18-12-4-3-11(9-15(12)24-7-1-6-19-17(24)26)20-16(25)10-2-5-13-14(8-10)22-23-21-13/h2-5,8-9H,1,6-7H2,(H,19,26)(H,20,25)(H,21,22,23). The van der Waals surface area contributed by atoms with E-state index >= 15 is 0 Å². The summed E-state index contributed by atoms with van der Waals surface area (Å²) >= 11 is 0. The highest BCUT2D eigenvalue weighted by Crippen LogP contribution is 2.25. The average Bonchev–Trinajstić information content (AvgIpc) is 3.11. The molecule has 3 N–H and O–H groups in total. The molecule has 1 aromatic heterocycles. The van der Waals surface area contributed by atoms with Gasteiger partial charge in [0.2, 0.25) is 0 Å². The smallest absolute Gasteiger partial charge is 0.321 e. The highest BCUT2D eigenvalue weighted by molar-refractivity contribution is 6.06. The van der Waals surface area contributed by atoms with Crippen molar-refractivity contribution in [3.63, 3.8) is 0 Å². The van der Waals surface area contributed by atoms with E-state index in [9.17, 15) is 14.0 Å². The minimum atomic E-state index is -0.524. The number of aromatic nitrogens is 3. The molecule has 0 aliphatic carbocycles. The maximum atomic E-state index is 14.2. The van der Waals surface area contributed by atoms with Crippen molar-refractivity contribution in [1.29, 1.82) is 0 Å². The summed E-state index contributed by atoms with van der Waals surface area (Å²) in [5.41, 5.74) is 2.15. The molecule has 0 saturated carbocycles. The Balaban J connectivity index is 1.58. The quantitative estimate of drug-likeness (QED) is 0.671. The monoisotopic (exact) mass is 354 g/mol. The van der Waals surface area contributed by atoms with Crippen LogP contribution >= 0.6 is 0 Å². The zero-order chi connectivity index (χ0) is 18.1. The van der Waals surface area contributed by atoms with Gasteiger partial charge in [0.05, 0.1) is 5.69 Å². The summed E-state index contributed by atoms with van der Waals surface area (Å²) in [6, 6.07) is 8.70. The number of benzene rings is 2. The second kappa shape index (κ2) is 6.43. The minimum absolute atomic E-state index is 0.131. The third-order valence-corrected chi connectivity index (χ3v) is 4.15. The van der Waals surface area contributed by atoms with Crippen LogP contribution in [-0.4, -0.2) is 40.4 Å². The van der Waals surface area contributed by atoms with Gasteiger partial charge in [0.25, 0.3) is 5.91 Å². The fraction of sp³-hybridized carbons (Fsp3) is 0.176. The second-order valence-electron chi connectivity index (χ2n) is 5.88. The lowest BCUT2D eigenvalue weighted by Gasteiger charge is -2.28. The molecule has 9 heteroatoms. The van der Waals surface area contributed by atoms with Gasteiger partial charge in [-0.2, -0.15) is 15.4 Å². The molecule has 1 aliphatic heterocycles. The Bertz CT molecular complexity index is 1000. The molecule has 0 unspecified atom stereocenters. The van der Waals surface area contributed by atoms with Gasteiger partial charge in [-0.05, 0) is 42.8 Å². The molecule has 3 amide bonds. The predicted octanol–water partition coefficient (Wildman–Crippen LogP) is 2.27. The van der Waals surface area contributed by atoms with Crippen molar-refractivity contribution in [3.8, 4) is 0 Å². The summed E-state index contributed by atoms with van der Waals surface area (Å²) in [6.45, 7) is 0.987. The maximum Gasteiger partial charge on any atom is 0.321 e. The average molecular weight is 354 g/mol. The summed E-state index contributed by atoms with van der Waals surface area (Å²) in [6.07, 6.45) is 0.722.